The lowest BCUT2D eigenvalue weighted by Gasteiger charge is -2.08. The minimum Gasteiger partial charge on any atom is -0.319 e. The predicted molar refractivity (Wildman–Crippen MR) is 61.2 cm³/mol. The summed E-state index contributed by atoms with van der Waals surface area (Å²) < 4.78 is 26.6. The van der Waals surface area contributed by atoms with Crippen molar-refractivity contribution >= 4 is 16.8 Å². The van der Waals surface area contributed by atoms with Crippen LogP contribution in [0, 0.1) is 0 Å². The molecule has 0 spiro atoms. The summed E-state index contributed by atoms with van der Waals surface area (Å²) in [6.07, 6.45) is -1.26. The summed E-state index contributed by atoms with van der Waals surface area (Å²) in [4.78, 5) is 11.4. The molecule has 0 aliphatic heterocycles. The lowest BCUT2D eigenvalue weighted by atomic mass is 10.1. The molecule has 0 unspecified atom stereocenters. The molecule has 2 N–H and O–H groups in total. The van der Waals surface area contributed by atoms with Crippen LogP contribution in [0.25, 0.3) is 10.9 Å². The normalized spacial score (nSPS) is 13.2. The molecule has 2 aromatic rings. The maximum absolute atomic E-state index is 12.6. The number of halogens is 2. The second-order valence-electron chi connectivity index (χ2n) is 3.85. The SMILES string of the molecule is CC(=O)n1cc([C@@H](N)C(F)F)c2ccccc21. The van der Waals surface area contributed by atoms with Gasteiger partial charge < -0.3 is 5.73 Å². The third-order valence-corrected chi connectivity index (χ3v) is 2.71. The van der Waals surface area contributed by atoms with E-state index in [4.69, 9.17) is 5.73 Å². The predicted octanol–water partition coefficient (Wildman–Crippen LogP) is 2.57. The fourth-order valence-corrected chi connectivity index (χ4v) is 1.87. The molecule has 0 aliphatic rings. The topological polar surface area (TPSA) is 48.0 Å². The molecule has 1 aromatic carbocycles. The molecule has 0 amide bonds. The first kappa shape index (κ1) is 11.7. The Kier molecular flexibility index (Phi) is 2.93. The van der Waals surface area contributed by atoms with Gasteiger partial charge in [-0.3, -0.25) is 9.36 Å². The highest BCUT2D eigenvalue weighted by Gasteiger charge is 2.22. The van der Waals surface area contributed by atoms with Crippen LogP contribution in [0.15, 0.2) is 30.5 Å². The van der Waals surface area contributed by atoms with E-state index in [1.807, 2.05) is 0 Å². The number of nitrogens with zero attached hydrogens (tertiary/aromatic N) is 1. The van der Waals surface area contributed by atoms with Crippen LogP contribution in [0.3, 0.4) is 0 Å². The van der Waals surface area contributed by atoms with Crippen molar-refractivity contribution in [2.45, 2.75) is 19.4 Å². The van der Waals surface area contributed by atoms with Gasteiger partial charge in [0.05, 0.1) is 11.6 Å². The minimum atomic E-state index is -2.65. The molecule has 0 saturated heterocycles. The van der Waals surface area contributed by atoms with E-state index in [2.05, 4.69) is 0 Å². The Morgan fingerprint density at radius 2 is 2.00 bits per heavy atom. The van der Waals surface area contributed by atoms with Gasteiger partial charge in [-0.2, -0.15) is 0 Å². The molecule has 0 fully saturated rings. The van der Waals surface area contributed by atoms with Gasteiger partial charge in [0.2, 0.25) is 5.91 Å². The first-order valence-electron chi connectivity index (χ1n) is 5.17. The van der Waals surface area contributed by atoms with E-state index in [9.17, 15) is 13.6 Å². The van der Waals surface area contributed by atoms with Crippen molar-refractivity contribution in [3.05, 3.63) is 36.0 Å². The second-order valence-corrected chi connectivity index (χ2v) is 3.85. The van der Waals surface area contributed by atoms with Crippen molar-refractivity contribution in [1.82, 2.24) is 4.57 Å². The maximum atomic E-state index is 12.6. The average Bonchev–Trinajstić information content (AvgIpc) is 2.67. The van der Waals surface area contributed by atoms with Gasteiger partial charge in [0.15, 0.2) is 0 Å². The number of rotatable bonds is 2. The fraction of sp³-hybridized carbons (Fsp3) is 0.250. The largest absolute Gasteiger partial charge is 0.319 e. The molecule has 17 heavy (non-hydrogen) atoms. The van der Waals surface area contributed by atoms with Crippen molar-refractivity contribution in [1.29, 1.82) is 0 Å². The maximum Gasteiger partial charge on any atom is 0.257 e. The lowest BCUT2D eigenvalue weighted by molar-refractivity contribution is 0.0939. The smallest absolute Gasteiger partial charge is 0.257 e. The number of alkyl halides is 2. The third kappa shape index (κ3) is 1.93. The van der Waals surface area contributed by atoms with Crippen LogP contribution >= 0.6 is 0 Å². The molecular formula is C12H12F2N2O. The monoisotopic (exact) mass is 238 g/mol. The minimum absolute atomic E-state index is 0.228. The van der Waals surface area contributed by atoms with Gasteiger partial charge in [0.25, 0.3) is 6.43 Å². The Bertz CT molecular complexity index is 563. The van der Waals surface area contributed by atoms with E-state index in [1.165, 1.54) is 17.7 Å². The Morgan fingerprint density at radius 1 is 1.35 bits per heavy atom. The van der Waals surface area contributed by atoms with Gasteiger partial charge in [-0.15, -0.1) is 0 Å². The van der Waals surface area contributed by atoms with Crippen LogP contribution in [-0.2, 0) is 0 Å². The Morgan fingerprint density at radius 3 is 2.59 bits per heavy atom. The first-order valence-corrected chi connectivity index (χ1v) is 5.17. The summed E-state index contributed by atoms with van der Waals surface area (Å²) in [5.41, 5.74) is 6.34. The van der Waals surface area contributed by atoms with E-state index >= 15 is 0 Å². The van der Waals surface area contributed by atoms with Crippen LogP contribution in [0.4, 0.5) is 8.78 Å². The molecule has 90 valence electrons. The molecular weight excluding hydrogens is 226 g/mol. The van der Waals surface area contributed by atoms with E-state index in [0.29, 0.717) is 16.5 Å². The van der Waals surface area contributed by atoms with Crippen molar-refractivity contribution < 1.29 is 13.6 Å². The molecule has 0 saturated carbocycles. The van der Waals surface area contributed by atoms with Gasteiger partial charge in [-0.1, -0.05) is 18.2 Å². The van der Waals surface area contributed by atoms with Gasteiger partial charge >= 0.3 is 0 Å². The summed E-state index contributed by atoms with van der Waals surface area (Å²) >= 11 is 0. The zero-order chi connectivity index (χ0) is 12.6. The van der Waals surface area contributed by atoms with Gasteiger partial charge in [0, 0.05) is 24.1 Å². The van der Waals surface area contributed by atoms with Crippen molar-refractivity contribution in [3.63, 3.8) is 0 Å². The summed E-state index contributed by atoms with van der Waals surface area (Å²) in [6, 6.07) is 5.50. The summed E-state index contributed by atoms with van der Waals surface area (Å²) in [5.74, 6) is -0.228. The Balaban J connectivity index is 2.68. The highest BCUT2D eigenvalue weighted by molar-refractivity contribution is 5.93. The number of aromatic nitrogens is 1. The van der Waals surface area contributed by atoms with E-state index in [1.54, 1.807) is 24.3 Å². The number of fused-ring (bicyclic) bond motifs is 1. The molecule has 1 atom stereocenters. The molecule has 5 heteroatoms. The number of para-hydroxylation sites is 1. The zero-order valence-electron chi connectivity index (χ0n) is 9.23. The molecule has 2 rings (SSSR count). The standard InChI is InChI=1S/C12H12F2N2O/c1-7(17)16-6-9(11(15)12(13)14)8-4-2-3-5-10(8)16/h2-6,11-12H,15H2,1H3/t11-/m1/s1. The summed E-state index contributed by atoms with van der Waals surface area (Å²) in [7, 11) is 0. The van der Waals surface area contributed by atoms with Crippen LogP contribution in [0.5, 0.6) is 0 Å². The summed E-state index contributed by atoms with van der Waals surface area (Å²) in [6.45, 7) is 1.38. The van der Waals surface area contributed by atoms with Crippen molar-refractivity contribution in [3.8, 4) is 0 Å². The van der Waals surface area contributed by atoms with Gasteiger partial charge in [-0.25, -0.2) is 8.78 Å². The van der Waals surface area contributed by atoms with Crippen molar-refractivity contribution in [2.75, 3.05) is 0 Å². The highest BCUT2D eigenvalue weighted by atomic mass is 19.3. The molecule has 1 aromatic heterocycles. The van der Waals surface area contributed by atoms with Gasteiger partial charge in [-0.05, 0) is 6.07 Å². The molecule has 1 heterocycles. The summed E-state index contributed by atoms with van der Waals surface area (Å²) in [5, 5.41) is 0.593. The molecule has 3 nitrogen and oxygen atoms in total. The van der Waals surface area contributed by atoms with Crippen LogP contribution in [-0.4, -0.2) is 16.9 Å². The Hall–Kier alpha value is -1.75. The van der Waals surface area contributed by atoms with E-state index in [-0.39, 0.29) is 5.91 Å². The lowest BCUT2D eigenvalue weighted by Crippen LogP contribution is -2.18. The van der Waals surface area contributed by atoms with E-state index in [0.717, 1.165) is 0 Å². The average molecular weight is 238 g/mol. The number of hydrogen-bond donors (Lipinski definition) is 1. The third-order valence-electron chi connectivity index (χ3n) is 2.71. The quantitative estimate of drug-likeness (QED) is 0.874. The van der Waals surface area contributed by atoms with Crippen LogP contribution in [0.1, 0.15) is 23.3 Å². The van der Waals surface area contributed by atoms with Crippen LogP contribution < -0.4 is 5.73 Å². The number of benzene rings is 1. The first-order chi connectivity index (χ1) is 8.02. The number of nitrogens with two attached hydrogens (primary N) is 1. The molecule has 0 aliphatic carbocycles. The van der Waals surface area contributed by atoms with Crippen LogP contribution in [0.2, 0.25) is 0 Å². The number of carbonyl (C=O) groups excluding carboxylic acids is 1. The highest BCUT2D eigenvalue weighted by Crippen LogP contribution is 2.28. The Labute approximate surface area is 96.8 Å². The molecule has 0 radical (unpaired) electrons. The number of hydrogen-bond acceptors (Lipinski definition) is 2. The van der Waals surface area contributed by atoms with E-state index < -0.39 is 12.5 Å². The number of carbonyl (C=O) groups is 1. The molecule has 0 bridgehead atoms. The van der Waals surface area contributed by atoms with Crippen molar-refractivity contribution in [2.24, 2.45) is 5.73 Å². The second kappa shape index (κ2) is 4.25. The zero-order valence-corrected chi connectivity index (χ0v) is 9.23. The van der Waals surface area contributed by atoms with Gasteiger partial charge in [0.1, 0.15) is 0 Å². The fourth-order valence-electron chi connectivity index (χ4n) is 1.87.